The number of likely N-dealkylation sites (tertiary alicyclic amines) is 1. The zero-order valence-electron chi connectivity index (χ0n) is 15.1. The van der Waals surface area contributed by atoms with Gasteiger partial charge in [0.1, 0.15) is 0 Å². The van der Waals surface area contributed by atoms with Crippen molar-refractivity contribution in [3.63, 3.8) is 0 Å². The van der Waals surface area contributed by atoms with Crippen LogP contribution in [0.3, 0.4) is 0 Å². The molecule has 0 aromatic rings. The van der Waals surface area contributed by atoms with Gasteiger partial charge in [-0.3, -0.25) is 4.90 Å². The van der Waals surface area contributed by atoms with E-state index in [9.17, 15) is 0 Å². The standard InChI is InChI=1S/C19H38N2/c1-15(2)20-13-19(10-6-7-16(3)11-19)14-21-12-17(4)8-9-18(21)5/h15-18,20H,6-14H2,1-5H3. The van der Waals surface area contributed by atoms with Crippen LogP contribution in [0.1, 0.15) is 73.1 Å². The Morgan fingerprint density at radius 1 is 1.10 bits per heavy atom. The van der Waals surface area contributed by atoms with Gasteiger partial charge in [0, 0.05) is 31.7 Å². The van der Waals surface area contributed by atoms with Crippen LogP contribution in [0.4, 0.5) is 0 Å². The highest BCUT2D eigenvalue weighted by Gasteiger charge is 2.38. The summed E-state index contributed by atoms with van der Waals surface area (Å²) in [6, 6.07) is 1.39. The quantitative estimate of drug-likeness (QED) is 0.813. The molecular weight excluding hydrogens is 256 g/mol. The van der Waals surface area contributed by atoms with Gasteiger partial charge < -0.3 is 5.32 Å². The van der Waals surface area contributed by atoms with E-state index in [-0.39, 0.29) is 0 Å². The third-order valence-electron chi connectivity index (χ3n) is 5.86. The van der Waals surface area contributed by atoms with E-state index >= 15 is 0 Å². The second-order valence-electron chi connectivity index (χ2n) is 8.70. The van der Waals surface area contributed by atoms with E-state index in [1.807, 2.05) is 0 Å². The molecular formula is C19H38N2. The molecule has 1 aliphatic carbocycles. The fraction of sp³-hybridized carbons (Fsp3) is 1.00. The highest BCUT2D eigenvalue weighted by molar-refractivity contribution is 4.92. The van der Waals surface area contributed by atoms with E-state index in [1.165, 1.54) is 58.2 Å². The molecule has 1 saturated heterocycles. The summed E-state index contributed by atoms with van der Waals surface area (Å²) in [5, 5.41) is 3.77. The number of nitrogens with zero attached hydrogens (tertiary/aromatic N) is 1. The van der Waals surface area contributed by atoms with Crippen molar-refractivity contribution >= 4 is 0 Å². The van der Waals surface area contributed by atoms with Gasteiger partial charge in [0.15, 0.2) is 0 Å². The van der Waals surface area contributed by atoms with Gasteiger partial charge in [0.25, 0.3) is 0 Å². The monoisotopic (exact) mass is 294 g/mol. The predicted octanol–water partition coefficient (Wildman–Crippen LogP) is 4.30. The summed E-state index contributed by atoms with van der Waals surface area (Å²) in [6.45, 7) is 15.8. The fourth-order valence-electron chi connectivity index (χ4n) is 4.58. The van der Waals surface area contributed by atoms with Gasteiger partial charge in [-0.15, -0.1) is 0 Å². The van der Waals surface area contributed by atoms with Crippen molar-refractivity contribution in [1.82, 2.24) is 10.2 Å². The molecule has 0 aromatic carbocycles. The van der Waals surface area contributed by atoms with Crippen LogP contribution < -0.4 is 5.32 Å². The first-order valence-electron chi connectivity index (χ1n) is 9.38. The number of hydrogen-bond donors (Lipinski definition) is 1. The average molecular weight is 295 g/mol. The molecule has 2 aliphatic rings. The summed E-state index contributed by atoms with van der Waals surface area (Å²) in [4.78, 5) is 2.81. The molecule has 0 aromatic heterocycles. The first kappa shape index (κ1) is 17.3. The maximum Gasteiger partial charge on any atom is 0.00673 e. The largest absolute Gasteiger partial charge is 0.314 e. The van der Waals surface area contributed by atoms with Crippen molar-refractivity contribution in [2.45, 2.75) is 85.2 Å². The van der Waals surface area contributed by atoms with Crippen molar-refractivity contribution < 1.29 is 0 Å². The molecule has 0 amide bonds. The third-order valence-corrected chi connectivity index (χ3v) is 5.86. The molecule has 124 valence electrons. The van der Waals surface area contributed by atoms with Gasteiger partial charge in [0.05, 0.1) is 0 Å². The molecule has 2 nitrogen and oxygen atoms in total. The molecule has 1 heterocycles. The van der Waals surface area contributed by atoms with Crippen molar-refractivity contribution in [3.8, 4) is 0 Å². The Labute approximate surface area is 133 Å². The molecule has 4 atom stereocenters. The van der Waals surface area contributed by atoms with E-state index in [0.717, 1.165) is 17.9 Å². The van der Waals surface area contributed by atoms with Crippen LogP contribution in [0, 0.1) is 17.3 Å². The van der Waals surface area contributed by atoms with E-state index in [1.54, 1.807) is 0 Å². The molecule has 0 bridgehead atoms. The summed E-state index contributed by atoms with van der Waals surface area (Å²) in [5.74, 6) is 1.79. The molecule has 2 fully saturated rings. The Morgan fingerprint density at radius 3 is 2.52 bits per heavy atom. The maximum atomic E-state index is 3.77. The second kappa shape index (κ2) is 7.46. The van der Waals surface area contributed by atoms with Gasteiger partial charge in [0.2, 0.25) is 0 Å². The molecule has 0 radical (unpaired) electrons. The minimum Gasteiger partial charge on any atom is -0.314 e. The highest BCUT2D eigenvalue weighted by atomic mass is 15.2. The van der Waals surface area contributed by atoms with Gasteiger partial charge >= 0.3 is 0 Å². The first-order chi connectivity index (χ1) is 9.90. The second-order valence-corrected chi connectivity index (χ2v) is 8.70. The number of nitrogens with one attached hydrogen (secondary N) is 1. The zero-order chi connectivity index (χ0) is 15.5. The lowest BCUT2D eigenvalue weighted by molar-refractivity contribution is 0.0321. The predicted molar refractivity (Wildman–Crippen MR) is 92.6 cm³/mol. The van der Waals surface area contributed by atoms with Crippen LogP contribution in [-0.2, 0) is 0 Å². The maximum absolute atomic E-state index is 3.77. The Hall–Kier alpha value is -0.0800. The zero-order valence-corrected chi connectivity index (χ0v) is 15.1. The minimum absolute atomic E-state index is 0.521. The normalized spacial score (nSPS) is 38.9. The van der Waals surface area contributed by atoms with Crippen LogP contribution in [0.5, 0.6) is 0 Å². The lowest BCUT2D eigenvalue weighted by atomic mass is 9.69. The van der Waals surface area contributed by atoms with Crippen molar-refractivity contribution in [2.75, 3.05) is 19.6 Å². The third kappa shape index (κ3) is 4.96. The molecule has 1 aliphatic heterocycles. The molecule has 2 rings (SSSR count). The Morgan fingerprint density at radius 2 is 1.86 bits per heavy atom. The van der Waals surface area contributed by atoms with E-state index in [0.29, 0.717) is 11.5 Å². The summed E-state index contributed by atoms with van der Waals surface area (Å²) < 4.78 is 0. The summed E-state index contributed by atoms with van der Waals surface area (Å²) in [7, 11) is 0. The van der Waals surface area contributed by atoms with E-state index in [4.69, 9.17) is 0 Å². The Kier molecular flexibility index (Phi) is 6.14. The number of hydrogen-bond acceptors (Lipinski definition) is 2. The summed E-state index contributed by atoms with van der Waals surface area (Å²) in [5.41, 5.74) is 0.521. The van der Waals surface area contributed by atoms with Crippen molar-refractivity contribution in [2.24, 2.45) is 17.3 Å². The summed E-state index contributed by atoms with van der Waals surface area (Å²) >= 11 is 0. The lowest BCUT2D eigenvalue weighted by Crippen LogP contribution is -2.52. The fourth-order valence-corrected chi connectivity index (χ4v) is 4.58. The Balaban J connectivity index is 2.03. The minimum atomic E-state index is 0.521. The van der Waals surface area contributed by atoms with E-state index in [2.05, 4.69) is 44.8 Å². The van der Waals surface area contributed by atoms with Gasteiger partial charge in [-0.25, -0.2) is 0 Å². The smallest absolute Gasteiger partial charge is 0.00673 e. The molecule has 21 heavy (non-hydrogen) atoms. The number of rotatable bonds is 5. The van der Waals surface area contributed by atoms with Gasteiger partial charge in [-0.05, 0) is 49.9 Å². The summed E-state index contributed by atoms with van der Waals surface area (Å²) in [6.07, 6.45) is 8.53. The SMILES string of the molecule is CC1CCC(C)N(CC2(CNC(C)C)CCCC(C)C2)C1. The average Bonchev–Trinajstić information content (AvgIpc) is 2.41. The van der Waals surface area contributed by atoms with Crippen molar-refractivity contribution in [1.29, 1.82) is 0 Å². The Bertz CT molecular complexity index is 315. The lowest BCUT2D eigenvalue weighted by Gasteiger charge is -2.47. The van der Waals surface area contributed by atoms with Crippen LogP contribution >= 0.6 is 0 Å². The van der Waals surface area contributed by atoms with Crippen LogP contribution in [0.25, 0.3) is 0 Å². The van der Waals surface area contributed by atoms with Gasteiger partial charge in [-0.2, -0.15) is 0 Å². The van der Waals surface area contributed by atoms with E-state index < -0.39 is 0 Å². The topological polar surface area (TPSA) is 15.3 Å². The molecule has 1 saturated carbocycles. The van der Waals surface area contributed by atoms with Crippen LogP contribution in [0.15, 0.2) is 0 Å². The number of piperidine rings is 1. The molecule has 2 heteroatoms. The molecule has 0 spiro atoms. The van der Waals surface area contributed by atoms with Gasteiger partial charge in [-0.1, -0.05) is 40.5 Å². The van der Waals surface area contributed by atoms with Crippen molar-refractivity contribution in [3.05, 3.63) is 0 Å². The van der Waals surface area contributed by atoms with Crippen LogP contribution in [0.2, 0.25) is 0 Å². The highest BCUT2D eigenvalue weighted by Crippen LogP contribution is 2.41. The molecule has 4 unspecified atom stereocenters. The first-order valence-corrected chi connectivity index (χ1v) is 9.38. The molecule has 1 N–H and O–H groups in total. The van der Waals surface area contributed by atoms with Crippen LogP contribution in [-0.4, -0.2) is 36.6 Å².